The molecule has 0 spiro atoms. The summed E-state index contributed by atoms with van der Waals surface area (Å²) in [7, 11) is 0. The Bertz CT molecular complexity index is 141. The van der Waals surface area contributed by atoms with Crippen molar-refractivity contribution in [2.24, 2.45) is 11.8 Å². The van der Waals surface area contributed by atoms with Gasteiger partial charge in [-0.05, 0) is 19.3 Å². The molecule has 0 aliphatic heterocycles. The van der Waals surface area contributed by atoms with E-state index in [1.54, 1.807) is 0 Å². The van der Waals surface area contributed by atoms with Gasteiger partial charge in [0.2, 0.25) is 0 Å². The third-order valence-electron chi connectivity index (χ3n) is 2.26. The Kier molecular flexibility index (Phi) is 4.95. The van der Waals surface area contributed by atoms with Gasteiger partial charge in [-0.15, -0.1) is 0 Å². The minimum atomic E-state index is -0.0700. The zero-order valence-electron chi connectivity index (χ0n) is 8.76. The monoisotopic (exact) mass is 172 g/mol. The highest BCUT2D eigenvalue weighted by molar-refractivity contribution is 5.72. The third kappa shape index (κ3) is 3.74. The molecule has 12 heavy (non-hydrogen) atoms. The number of esters is 1. The molecule has 0 aliphatic carbocycles. The normalized spacial score (nSPS) is 15.8. The highest BCUT2D eigenvalue weighted by Crippen LogP contribution is 2.13. The molecular weight excluding hydrogens is 152 g/mol. The number of rotatable bonds is 4. The molecular formula is C10H20O2. The molecule has 0 radical (unpaired) electrons. The molecule has 0 aromatic carbocycles. The van der Waals surface area contributed by atoms with Gasteiger partial charge in [-0.1, -0.05) is 27.7 Å². The quantitative estimate of drug-likeness (QED) is 0.609. The molecule has 0 aliphatic rings. The SMILES string of the molecule is CC[C@H](C)OC(=O)[C@H](C)C(C)C. The summed E-state index contributed by atoms with van der Waals surface area (Å²) in [5.41, 5.74) is 0. The van der Waals surface area contributed by atoms with Crippen molar-refractivity contribution in [1.82, 2.24) is 0 Å². The fourth-order valence-corrected chi connectivity index (χ4v) is 0.661. The molecule has 0 aromatic heterocycles. The van der Waals surface area contributed by atoms with Crippen molar-refractivity contribution in [3.05, 3.63) is 0 Å². The van der Waals surface area contributed by atoms with Gasteiger partial charge in [0, 0.05) is 0 Å². The van der Waals surface area contributed by atoms with E-state index in [0.29, 0.717) is 5.92 Å². The number of hydrogen-bond donors (Lipinski definition) is 0. The number of carbonyl (C=O) groups is 1. The molecule has 0 bridgehead atoms. The van der Waals surface area contributed by atoms with Crippen molar-refractivity contribution >= 4 is 5.97 Å². The minimum absolute atomic E-state index is 0.0130. The van der Waals surface area contributed by atoms with Gasteiger partial charge in [-0.2, -0.15) is 0 Å². The van der Waals surface area contributed by atoms with Crippen LogP contribution in [0.3, 0.4) is 0 Å². The van der Waals surface area contributed by atoms with Crippen LogP contribution >= 0.6 is 0 Å². The van der Waals surface area contributed by atoms with Gasteiger partial charge in [0.15, 0.2) is 0 Å². The zero-order chi connectivity index (χ0) is 9.72. The summed E-state index contributed by atoms with van der Waals surface area (Å²) in [4.78, 5) is 11.3. The van der Waals surface area contributed by atoms with Crippen LogP contribution in [0.2, 0.25) is 0 Å². The molecule has 0 saturated heterocycles. The lowest BCUT2D eigenvalue weighted by atomic mass is 9.98. The first-order chi connectivity index (χ1) is 5.49. The summed E-state index contributed by atoms with van der Waals surface area (Å²) in [6, 6.07) is 0. The van der Waals surface area contributed by atoms with Crippen molar-refractivity contribution in [3.63, 3.8) is 0 Å². The van der Waals surface area contributed by atoms with E-state index in [2.05, 4.69) is 0 Å². The topological polar surface area (TPSA) is 26.3 Å². The van der Waals surface area contributed by atoms with E-state index in [1.165, 1.54) is 0 Å². The number of hydrogen-bond acceptors (Lipinski definition) is 2. The first-order valence-corrected chi connectivity index (χ1v) is 4.69. The van der Waals surface area contributed by atoms with Crippen LogP contribution in [0.1, 0.15) is 41.0 Å². The van der Waals surface area contributed by atoms with Crippen LogP contribution in [0.25, 0.3) is 0 Å². The summed E-state index contributed by atoms with van der Waals surface area (Å²) in [5, 5.41) is 0. The van der Waals surface area contributed by atoms with Crippen molar-refractivity contribution in [1.29, 1.82) is 0 Å². The maximum absolute atomic E-state index is 11.3. The molecule has 0 amide bonds. The van der Waals surface area contributed by atoms with E-state index >= 15 is 0 Å². The summed E-state index contributed by atoms with van der Waals surface area (Å²) in [6.07, 6.45) is 0.940. The van der Waals surface area contributed by atoms with Gasteiger partial charge in [-0.3, -0.25) is 4.79 Å². The Morgan fingerprint density at radius 2 is 1.75 bits per heavy atom. The van der Waals surface area contributed by atoms with E-state index in [9.17, 15) is 4.79 Å². The van der Waals surface area contributed by atoms with Gasteiger partial charge in [-0.25, -0.2) is 0 Å². The number of ether oxygens (including phenoxy) is 1. The predicted molar refractivity (Wildman–Crippen MR) is 49.8 cm³/mol. The lowest BCUT2D eigenvalue weighted by molar-refractivity contribution is -0.154. The van der Waals surface area contributed by atoms with E-state index in [-0.39, 0.29) is 18.0 Å². The van der Waals surface area contributed by atoms with E-state index in [4.69, 9.17) is 4.74 Å². The predicted octanol–water partition coefficient (Wildman–Crippen LogP) is 2.62. The van der Waals surface area contributed by atoms with Gasteiger partial charge < -0.3 is 4.74 Å². The fourth-order valence-electron chi connectivity index (χ4n) is 0.661. The first-order valence-electron chi connectivity index (χ1n) is 4.69. The zero-order valence-corrected chi connectivity index (χ0v) is 8.76. The molecule has 0 heterocycles. The van der Waals surface area contributed by atoms with Crippen molar-refractivity contribution < 1.29 is 9.53 Å². The van der Waals surface area contributed by atoms with Crippen LogP contribution in [0.4, 0.5) is 0 Å². The Balaban J connectivity index is 3.87. The van der Waals surface area contributed by atoms with E-state index in [1.807, 2.05) is 34.6 Å². The largest absolute Gasteiger partial charge is 0.462 e. The molecule has 0 fully saturated rings. The van der Waals surface area contributed by atoms with Crippen molar-refractivity contribution in [2.75, 3.05) is 0 Å². The van der Waals surface area contributed by atoms with Gasteiger partial charge >= 0.3 is 5.97 Å². The van der Waals surface area contributed by atoms with Gasteiger partial charge in [0.1, 0.15) is 0 Å². The Labute approximate surface area is 75.3 Å². The van der Waals surface area contributed by atoms with E-state index < -0.39 is 0 Å². The maximum Gasteiger partial charge on any atom is 0.309 e. The van der Waals surface area contributed by atoms with Crippen LogP contribution in [-0.4, -0.2) is 12.1 Å². The average Bonchev–Trinajstić information content (AvgIpc) is 2.02. The molecule has 0 N–H and O–H groups in total. The summed E-state index contributed by atoms with van der Waals surface area (Å²) >= 11 is 0. The molecule has 0 aromatic rings. The second-order valence-corrected chi connectivity index (χ2v) is 3.69. The highest BCUT2D eigenvalue weighted by atomic mass is 16.5. The first kappa shape index (κ1) is 11.5. The van der Waals surface area contributed by atoms with Crippen LogP contribution in [0.15, 0.2) is 0 Å². The maximum atomic E-state index is 11.3. The minimum Gasteiger partial charge on any atom is -0.462 e. The third-order valence-corrected chi connectivity index (χ3v) is 2.26. The van der Waals surface area contributed by atoms with Crippen LogP contribution in [0, 0.1) is 11.8 Å². The Morgan fingerprint density at radius 1 is 1.25 bits per heavy atom. The Hall–Kier alpha value is -0.530. The summed E-state index contributed by atoms with van der Waals surface area (Å²) < 4.78 is 5.18. The second kappa shape index (κ2) is 5.18. The summed E-state index contributed by atoms with van der Waals surface area (Å²) in [5.74, 6) is 0.305. The van der Waals surface area contributed by atoms with Crippen molar-refractivity contribution in [2.45, 2.75) is 47.1 Å². The van der Waals surface area contributed by atoms with Crippen LogP contribution in [0.5, 0.6) is 0 Å². The van der Waals surface area contributed by atoms with Gasteiger partial charge in [0.25, 0.3) is 0 Å². The highest BCUT2D eigenvalue weighted by Gasteiger charge is 2.19. The van der Waals surface area contributed by atoms with Crippen molar-refractivity contribution in [3.8, 4) is 0 Å². The molecule has 0 rings (SSSR count). The smallest absolute Gasteiger partial charge is 0.309 e. The molecule has 2 nitrogen and oxygen atoms in total. The lowest BCUT2D eigenvalue weighted by Gasteiger charge is -2.17. The molecule has 72 valence electrons. The molecule has 2 heteroatoms. The Morgan fingerprint density at radius 3 is 2.08 bits per heavy atom. The molecule has 0 saturated carbocycles. The van der Waals surface area contributed by atoms with Crippen LogP contribution < -0.4 is 0 Å². The van der Waals surface area contributed by atoms with E-state index in [0.717, 1.165) is 6.42 Å². The fraction of sp³-hybridized carbons (Fsp3) is 0.900. The summed E-state index contributed by atoms with van der Waals surface area (Å²) in [6.45, 7) is 9.91. The average molecular weight is 172 g/mol. The molecule has 2 atom stereocenters. The lowest BCUT2D eigenvalue weighted by Crippen LogP contribution is -2.23. The van der Waals surface area contributed by atoms with Gasteiger partial charge in [0.05, 0.1) is 12.0 Å². The number of carbonyl (C=O) groups excluding carboxylic acids is 1. The molecule has 0 unspecified atom stereocenters. The standard InChI is InChI=1S/C10H20O2/c1-6-8(4)12-10(11)9(5)7(2)3/h7-9H,6H2,1-5H3/t8-,9+/m0/s1. The second-order valence-electron chi connectivity index (χ2n) is 3.69. The van der Waals surface area contributed by atoms with Crippen LogP contribution in [-0.2, 0) is 9.53 Å².